The first-order valence-corrected chi connectivity index (χ1v) is 8.36. The molecule has 0 saturated carbocycles. The van der Waals surface area contributed by atoms with Crippen molar-refractivity contribution in [1.82, 2.24) is 15.5 Å². The average molecular weight is 306 g/mol. The monoisotopic (exact) mass is 306 g/mol. The number of aromatic amines is 1. The second kappa shape index (κ2) is 6.42. The maximum absolute atomic E-state index is 4.12. The second-order valence-electron chi connectivity index (χ2n) is 6.25. The number of nitrogens with one attached hydrogen (secondary N) is 3. The zero-order valence-corrected chi connectivity index (χ0v) is 13.2. The Morgan fingerprint density at radius 2 is 1.87 bits per heavy atom. The van der Waals surface area contributed by atoms with E-state index in [1.165, 1.54) is 29.7 Å². The van der Waals surface area contributed by atoms with E-state index in [9.17, 15) is 0 Å². The van der Waals surface area contributed by atoms with Gasteiger partial charge < -0.3 is 10.6 Å². The first kappa shape index (κ1) is 14.3. The lowest BCUT2D eigenvalue weighted by molar-refractivity contribution is 0.460. The van der Waals surface area contributed by atoms with E-state index in [0.29, 0.717) is 5.92 Å². The summed E-state index contributed by atoms with van der Waals surface area (Å²) in [5.74, 6) is 0.712. The SMILES string of the molecule is c1cc(CNc2ccc(C3CCNCC3)cc2)c2[nH]ncc2c1. The Hall–Kier alpha value is -2.33. The van der Waals surface area contributed by atoms with Crippen LogP contribution in [-0.4, -0.2) is 23.3 Å². The van der Waals surface area contributed by atoms with Crippen molar-refractivity contribution in [2.75, 3.05) is 18.4 Å². The van der Waals surface area contributed by atoms with Crippen molar-refractivity contribution in [2.45, 2.75) is 25.3 Å². The van der Waals surface area contributed by atoms with Gasteiger partial charge in [0, 0.05) is 17.6 Å². The van der Waals surface area contributed by atoms with Crippen LogP contribution in [0.15, 0.2) is 48.7 Å². The molecule has 0 amide bonds. The third-order valence-corrected chi connectivity index (χ3v) is 4.77. The second-order valence-corrected chi connectivity index (χ2v) is 6.25. The molecule has 2 heterocycles. The van der Waals surface area contributed by atoms with Crippen LogP contribution in [0.1, 0.15) is 29.9 Å². The Morgan fingerprint density at radius 1 is 1.04 bits per heavy atom. The topological polar surface area (TPSA) is 52.7 Å². The summed E-state index contributed by atoms with van der Waals surface area (Å²) >= 11 is 0. The molecule has 1 saturated heterocycles. The molecule has 1 aliphatic heterocycles. The zero-order chi connectivity index (χ0) is 15.5. The van der Waals surface area contributed by atoms with Gasteiger partial charge in [-0.15, -0.1) is 0 Å². The molecular formula is C19H22N4. The Bertz CT molecular complexity index is 769. The number of hydrogen-bond donors (Lipinski definition) is 3. The molecule has 2 aromatic carbocycles. The molecular weight excluding hydrogens is 284 g/mol. The van der Waals surface area contributed by atoms with Crippen LogP contribution < -0.4 is 10.6 Å². The number of nitrogens with zero attached hydrogens (tertiary/aromatic N) is 1. The van der Waals surface area contributed by atoms with Gasteiger partial charge in [-0.1, -0.05) is 30.3 Å². The Kier molecular flexibility index (Phi) is 3.99. The minimum atomic E-state index is 0.712. The van der Waals surface area contributed by atoms with Crippen LogP contribution in [0, 0.1) is 0 Å². The number of H-pyrrole nitrogens is 1. The smallest absolute Gasteiger partial charge is 0.0700 e. The van der Waals surface area contributed by atoms with E-state index in [-0.39, 0.29) is 0 Å². The lowest BCUT2D eigenvalue weighted by Crippen LogP contribution is -2.26. The number of para-hydroxylation sites is 1. The van der Waals surface area contributed by atoms with Gasteiger partial charge in [-0.05, 0) is 55.1 Å². The molecule has 1 aliphatic rings. The maximum atomic E-state index is 4.12. The van der Waals surface area contributed by atoms with Crippen LogP contribution in [0.4, 0.5) is 5.69 Å². The normalized spacial score (nSPS) is 15.8. The van der Waals surface area contributed by atoms with Crippen LogP contribution in [0.25, 0.3) is 10.9 Å². The molecule has 118 valence electrons. The van der Waals surface area contributed by atoms with Crippen molar-refractivity contribution in [3.63, 3.8) is 0 Å². The van der Waals surface area contributed by atoms with Gasteiger partial charge >= 0.3 is 0 Å². The largest absolute Gasteiger partial charge is 0.381 e. The number of rotatable bonds is 4. The molecule has 4 heteroatoms. The minimum Gasteiger partial charge on any atom is -0.381 e. The summed E-state index contributed by atoms with van der Waals surface area (Å²) < 4.78 is 0. The molecule has 23 heavy (non-hydrogen) atoms. The Morgan fingerprint density at radius 3 is 2.70 bits per heavy atom. The van der Waals surface area contributed by atoms with Crippen molar-refractivity contribution in [2.24, 2.45) is 0 Å². The molecule has 3 aromatic rings. The molecule has 4 rings (SSSR count). The molecule has 1 aromatic heterocycles. The third kappa shape index (κ3) is 3.08. The highest BCUT2D eigenvalue weighted by Crippen LogP contribution is 2.26. The zero-order valence-electron chi connectivity index (χ0n) is 13.2. The molecule has 1 fully saturated rings. The van der Waals surface area contributed by atoms with E-state index in [1.54, 1.807) is 0 Å². The van der Waals surface area contributed by atoms with Crippen LogP contribution in [0.5, 0.6) is 0 Å². The van der Waals surface area contributed by atoms with Gasteiger partial charge in [0.25, 0.3) is 0 Å². The van der Waals surface area contributed by atoms with E-state index in [2.05, 4.69) is 63.3 Å². The fraction of sp³-hybridized carbons (Fsp3) is 0.316. The van der Waals surface area contributed by atoms with Crippen LogP contribution in [0.2, 0.25) is 0 Å². The van der Waals surface area contributed by atoms with Crippen molar-refractivity contribution < 1.29 is 0 Å². The number of aromatic nitrogens is 2. The van der Waals surface area contributed by atoms with Gasteiger partial charge in [0.05, 0.1) is 11.7 Å². The summed E-state index contributed by atoms with van der Waals surface area (Å²) in [7, 11) is 0. The number of benzene rings is 2. The lowest BCUT2D eigenvalue weighted by Gasteiger charge is -2.23. The summed E-state index contributed by atoms with van der Waals surface area (Å²) in [6.07, 6.45) is 4.36. The Labute approximate surface area is 136 Å². The maximum Gasteiger partial charge on any atom is 0.0700 e. The van der Waals surface area contributed by atoms with Crippen molar-refractivity contribution >= 4 is 16.6 Å². The molecule has 0 spiro atoms. The summed E-state index contributed by atoms with van der Waals surface area (Å²) in [5, 5.41) is 15.3. The molecule has 0 bridgehead atoms. The number of fused-ring (bicyclic) bond motifs is 1. The van der Waals surface area contributed by atoms with E-state index in [0.717, 1.165) is 30.5 Å². The summed E-state index contributed by atoms with van der Waals surface area (Å²) in [4.78, 5) is 0. The van der Waals surface area contributed by atoms with E-state index >= 15 is 0 Å². The lowest BCUT2D eigenvalue weighted by atomic mass is 9.90. The van der Waals surface area contributed by atoms with Gasteiger partial charge in [-0.25, -0.2) is 0 Å². The van der Waals surface area contributed by atoms with E-state index in [1.807, 2.05) is 6.20 Å². The fourth-order valence-electron chi connectivity index (χ4n) is 3.40. The van der Waals surface area contributed by atoms with Gasteiger partial charge in [-0.2, -0.15) is 5.10 Å². The highest BCUT2D eigenvalue weighted by atomic mass is 15.1. The summed E-state index contributed by atoms with van der Waals surface area (Å²) in [6.45, 7) is 3.07. The van der Waals surface area contributed by atoms with Gasteiger partial charge in [0.2, 0.25) is 0 Å². The van der Waals surface area contributed by atoms with E-state index < -0.39 is 0 Å². The first-order chi connectivity index (χ1) is 11.4. The van der Waals surface area contributed by atoms with Crippen LogP contribution in [0.3, 0.4) is 0 Å². The average Bonchev–Trinajstić information content (AvgIpc) is 3.10. The summed E-state index contributed by atoms with van der Waals surface area (Å²) in [5.41, 5.74) is 4.99. The molecule has 0 unspecified atom stereocenters. The van der Waals surface area contributed by atoms with E-state index in [4.69, 9.17) is 0 Å². The highest BCUT2D eigenvalue weighted by molar-refractivity contribution is 5.81. The predicted molar refractivity (Wildman–Crippen MR) is 94.7 cm³/mol. The molecule has 0 aliphatic carbocycles. The van der Waals surface area contributed by atoms with Gasteiger partial charge in [0.1, 0.15) is 0 Å². The summed E-state index contributed by atoms with van der Waals surface area (Å²) in [6, 6.07) is 15.2. The first-order valence-electron chi connectivity index (χ1n) is 8.36. The fourth-order valence-corrected chi connectivity index (χ4v) is 3.40. The molecule has 0 radical (unpaired) electrons. The highest BCUT2D eigenvalue weighted by Gasteiger charge is 2.14. The van der Waals surface area contributed by atoms with Crippen LogP contribution in [-0.2, 0) is 6.54 Å². The molecule has 0 atom stereocenters. The molecule has 3 N–H and O–H groups in total. The van der Waals surface area contributed by atoms with Crippen molar-refractivity contribution in [3.8, 4) is 0 Å². The number of anilines is 1. The van der Waals surface area contributed by atoms with Crippen molar-refractivity contribution in [1.29, 1.82) is 0 Å². The quantitative estimate of drug-likeness (QED) is 0.690. The van der Waals surface area contributed by atoms with Crippen molar-refractivity contribution in [3.05, 3.63) is 59.8 Å². The molecule has 4 nitrogen and oxygen atoms in total. The van der Waals surface area contributed by atoms with Gasteiger partial charge in [-0.3, -0.25) is 5.10 Å². The Balaban J connectivity index is 1.44. The van der Waals surface area contributed by atoms with Gasteiger partial charge in [0.15, 0.2) is 0 Å². The minimum absolute atomic E-state index is 0.712. The number of hydrogen-bond acceptors (Lipinski definition) is 3. The van der Waals surface area contributed by atoms with Crippen LogP contribution >= 0.6 is 0 Å². The third-order valence-electron chi connectivity index (χ3n) is 4.77. The number of piperidine rings is 1. The standard InChI is InChI=1S/C19H22N4/c1-2-16(19-17(3-1)13-22-23-19)12-21-18-6-4-14(5-7-18)15-8-10-20-11-9-15/h1-7,13,15,20-21H,8-12H2,(H,22,23). The predicted octanol–water partition coefficient (Wildman–Crippen LogP) is 3.64.